The van der Waals surface area contributed by atoms with Crippen LogP contribution < -0.4 is 9.47 Å². The number of ether oxygens (including phenoxy) is 3. The number of rotatable bonds is 6. The second kappa shape index (κ2) is 7.28. The molecule has 0 aliphatic heterocycles. The van der Waals surface area contributed by atoms with Gasteiger partial charge in [-0.2, -0.15) is 4.39 Å². The summed E-state index contributed by atoms with van der Waals surface area (Å²) in [5, 5.41) is 0. The van der Waals surface area contributed by atoms with E-state index in [4.69, 9.17) is 9.47 Å². The molecule has 0 heterocycles. The molecular formula is C16H15FO4. The fourth-order valence-electron chi connectivity index (χ4n) is 1.61. The average Bonchev–Trinajstić information content (AvgIpc) is 2.49. The van der Waals surface area contributed by atoms with Crippen LogP contribution in [0.4, 0.5) is 4.39 Å². The maximum absolute atomic E-state index is 13.5. The van der Waals surface area contributed by atoms with Crippen molar-refractivity contribution < 1.29 is 23.4 Å². The van der Waals surface area contributed by atoms with Gasteiger partial charge in [0, 0.05) is 6.07 Å². The topological polar surface area (TPSA) is 44.8 Å². The van der Waals surface area contributed by atoms with E-state index in [1.165, 1.54) is 12.1 Å². The minimum atomic E-state index is -2.16. The molecule has 2 rings (SSSR count). The molecule has 21 heavy (non-hydrogen) atoms. The standard InChI is InChI=1S/C16H15FO4/c1-2-19-16(18)15(17)21-14-10-6-9-13(11-14)20-12-7-4-3-5-8-12/h3-11,15H,2H2,1H3. The predicted molar refractivity (Wildman–Crippen MR) is 75.1 cm³/mol. The van der Waals surface area contributed by atoms with Crippen LogP contribution >= 0.6 is 0 Å². The molecule has 0 fully saturated rings. The van der Waals surface area contributed by atoms with Crippen molar-refractivity contribution >= 4 is 5.97 Å². The van der Waals surface area contributed by atoms with Gasteiger partial charge >= 0.3 is 12.3 Å². The zero-order valence-corrected chi connectivity index (χ0v) is 11.5. The van der Waals surface area contributed by atoms with Gasteiger partial charge in [0.1, 0.15) is 17.2 Å². The number of carbonyl (C=O) groups is 1. The zero-order chi connectivity index (χ0) is 15.1. The molecule has 0 aliphatic carbocycles. The van der Waals surface area contributed by atoms with Gasteiger partial charge in [-0.15, -0.1) is 0 Å². The molecule has 2 aromatic carbocycles. The Hall–Kier alpha value is -2.56. The summed E-state index contributed by atoms with van der Waals surface area (Å²) < 4.78 is 28.5. The Morgan fingerprint density at radius 3 is 2.43 bits per heavy atom. The first-order valence-electron chi connectivity index (χ1n) is 6.49. The maximum Gasteiger partial charge on any atom is 0.381 e. The summed E-state index contributed by atoms with van der Waals surface area (Å²) in [6.45, 7) is 1.69. The third-order valence-electron chi connectivity index (χ3n) is 2.50. The Bertz CT molecular complexity index is 586. The van der Waals surface area contributed by atoms with Crippen LogP contribution in [0.2, 0.25) is 0 Å². The van der Waals surface area contributed by atoms with Crippen LogP contribution in [0.25, 0.3) is 0 Å². The van der Waals surface area contributed by atoms with E-state index in [2.05, 4.69) is 4.74 Å². The number of benzene rings is 2. The van der Waals surface area contributed by atoms with Crippen LogP contribution in [0, 0.1) is 0 Å². The molecule has 110 valence electrons. The van der Waals surface area contributed by atoms with Crippen molar-refractivity contribution in [3.05, 3.63) is 54.6 Å². The molecule has 5 heteroatoms. The molecule has 0 spiro atoms. The molecule has 0 N–H and O–H groups in total. The maximum atomic E-state index is 13.5. The number of hydrogen-bond acceptors (Lipinski definition) is 4. The van der Waals surface area contributed by atoms with Gasteiger partial charge in [-0.25, -0.2) is 4.79 Å². The van der Waals surface area contributed by atoms with Crippen molar-refractivity contribution in [1.29, 1.82) is 0 Å². The number of esters is 1. The van der Waals surface area contributed by atoms with E-state index < -0.39 is 12.3 Å². The molecule has 0 aliphatic rings. The SMILES string of the molecule is CCOC(=O)C(F)Oc1cccc(Oc2ccccc2)c1. The second-order valence-electron chi connectivity index (χ2n) is 4.08. The van der Waals surface area contributed by atoms with Crippen LogP contribution in [0.3, 0.4) is 0 Å². The summed E-state index contributed by atoms with van der Waals surface area (Å²) >= 11 is 0. The molecule has 4 nitrogen and oxygen atoms in total. The monoisotopic (exact) mass is 290 g/mol. The molecule has 0 saturated carbocycles. The Morgan fingerprint density at radius 1 is 1.05 bits per heavy atom. The number of para-hydroxylation sites is 1. The van der Waals surface area contributed by atoms with E-state index in [0.29, 0.717) is 11.5 Å². The molecule has 2 aromatic rings. The summed E-state index contributed by atoms with van der Waals surface area (Å²) in [6, 6.07) is 15.5. The number of carbonyl (C=O) groups excluding carboxylic acids is 1. The van der Waals surface area contributed by atoms with Crippen LogP contribution in [-0.4, -0.2) is 18.9 Å². The number of halogens is 1. The lowest BCUT2D eigenvalue weighted by molar-refractivity contribution is -0.159. The number of hydrogen-bond donors (Lipinski definition) is 0. The third-order valence-corrected chi connectivity index (χ3v) is 2.50. The van der Waals surface area contributed by atoms with Crippen molar-refractivity contribution in [2.45, 2.75) is 13.3 Å². The van der Waals surface area contributed by atoms with Gasteiger partial charge < -0.3 is 14.2 Å². The summed E-state index contributed by atoms with van der Waals surface area (Å²) in [4.78, 5) is 11.2. The highest BCUT2D eigenvalue weighted by atomic mass is 19.1. The van der Waals surface area contributed by atoms with Crippen LogP contribution in [0.15, 0.2) is 54.6 Å². The van der Waals surface area contributed by atoms with Crippen LogP contribution in [0.5, 0.6) is 17.2 Å². The van der Waals surface area contributed by atoms with Gasteiger partial charge in [0.25, 0.3) is 0 Å². The Kier molecular flexibility index (Phi) is 5.15. The fourth-order valence-corrected chi connectivity index (χ4v) is 1.61. The highest BCUT2D eigenvalue weighted by Gasteiger charge is 2.20. The Balaban J connectivity index is 2.02. The molecule has 1 atom stereocenters. The summed E-state index contributed by atoms with van der Waals surface area (Å²) in [7, 11) is 0. The van der Waals surface area contributed by atoms with E-state index >= 15 is 0 Å². The van der Waals surface area contributed by atoms with Crippen molar-refractivity contribution in [1.82, 2.24) is 0 Å². The predicted octanol–water partition coefficient (Wildman–Crippen LogP) is 3.72. The van der Waals surface area contributed by atoms with Gasteiger partial charge in [-0.1, -0.05) is 24.3 Å². The summed E-state index contributed by atoms with van der Waals surface area (Å²) in [6.07, 6.45) is -2.16. The number of alkyl halides is 1. The Labute approximate surface area is 122 Å². The lowest BCUT2D eigenvalue weighted by Crippen LogP contribution is -2.24. The van der Waals surface area contributed by atoms with E-state index in [1.54, 1.807) is 31.2 Å². The average molecular weight is 290 g/mol. The first-order chi connectivity index (χ1) is 10.2. The molecule has 0 radical (unpaired) electrons. The third kappa shape index (κ3) is 4.49. The highest BCUT2D eigenvalue weighted by Crippen LogP contribution is 2.25. The molecule has 0 amide bonds. The van der Waals surface area contributed by atoms with Crippen LogP contribution in [-0.2, 0) is 9.53 Å². The molecule has 0 saturated heterocycles. The highest BCUT2D eigenvalue weighted by molar-refractivity contribution is 5.73. The Morgan fingerprint density at radius 2 is 1.71 bits per heavy atom. The molecule has 0 bridgehead atoms. The van der Waals surface area contributed by atoms with Gasteiger partial charge in [0.15, 0.2) is 0 Å². The quantitative estimate of drug-likeness (QED) is 0.761. The van der Waals surface area contributed by atoms with E-state index in [0.717, 1.165) is 0 Å². The van der Waals surface area contributed by atoms with Crippen molar-refractivity contribution in [3.8, 4) is 17.2 Å². The first kappa shape index (κ1) is 14.8. The molecule has 0 aromatic heterocycles. The molecule has 1 unspecified atom stereocenters. The smallest absolute Gasteiger partial charge is 0.381 e. The molecular weight excluding hydrogens is 275 g/mol. The fraction of sp³-hybridized carbons (Fsp3) is 0.188. The van der Waals surface area contributed by atoms with E-state index in [1.807, 2.05) is 18.2 Å². The van der Waals surface area contributed by atoms with Gasteiger partial charge in [-0.05, 0) is 31.2 Å². The van der Waals surface area contributed by atoms with Crippen molar-refractivity contribution in [2.75, 3.05) is 6.61 Å². The van der Waals surface area contributed by atoms with Crippen molar-refractivity contribution in [3.63, 3.8) is 0 Å². The minimum Gasteiger partial charge on any atom is -0.461 e. The van der Waals surface area contributed by atoms with Crippen molar-refractivity contribution in [2.24, 2.45) is 0 Å². The summed E-state index contributed by atoms with van der Waals surface area (Å²) in [5.41, 5.74) is 0. The lowest BCUT2D eigenvalue weighted by Gasteiger charge is -2.11. The van der Waals surface area contributed by atoms with E-state index in [9.17, 15) is 9.18 Å². The van der Waals surface area contributed by atoms with Gasteiger partial charge in [0.05, 0.1) is 6.61 Å². The van der Waals surface area contributed by atoms with Gasteiger partial charge in [-0.3, -0.25) is 0 Å². The van der Waals surface area contributed by atoms with Gasteiger partial charge in [0.2, 0.25) is 0 Å². The summed E-state index contributed by atoms with van der Waals surface area (Å²) in [5.74, 6) is 0.266. The largest absolute Gasteiger partial charge is 0.461 e. The zero-order valence-electron chi connectivity index (χ0n) is 11.5. The minimum absolute atomic E-state index is 0.0970. The van der Waals surface area contributed by atoms with E-state index in [-0.39, 0.29) is 12.4 Å². The second-order valence-corrected chi connectivity index (χ2v) is 4.08. The first-order valence-corrected chi connectivity index (χ1v) is 6.49. The lowest BCUT2D eigenvalue weighted by atomic mass is 10.3. The normalized spacial score (nSPS) is 11.5. The van der Waals surface area contributed by atoms with Crippen LogP contribution in [0.1, 0.15) is 6.92 Å².